The van der Waals surface area contributed by atoms with Gasteiger partial charge in [0.1, 0.15) is 11.9 Å². The lowest BCUT2D eigenvalue weighted by atomic mass is 9.86. The van der Waals surface area contributed by atoms with E-state index in [0.717, 1.165) is 11.4 Å². The molecule has 0 amide bonds. The van der Waals surface area contributed by atoms with Crippen LogP contribution < -0.4 is 0 Å². The minimum atomic E-state index is -0.830. The maximum Gasteiger partial charge on any atom is 0.325 e. The van der Waals surface area contributed by atoms with Crippen LogP contribution in [0.3, 0.4) is 0 Å². The van der Waals surface area contributed by atoms with Crippen LogP contribution in [0.2, 0.25) is 0 Å². The second-order valence-electron chi connectivity index (χ2n) is 7.26. The first-order chi connectivity index (χ1) is 11.2. The van der Waals surface area contributed by atoms with Crippen molar-refractivity contribution in [1.82, 2.24) is 14.5 Å². The predicted octanol–water partition coefficient (Wildman–Crippen LogP) is 3.25. The highest BCUT2D eigenvalue weighted by molar-refractivity contribution is 5.75. The second kappa shape index (κ2) is 7.18. The molecule has 5 heteroatoms. The molecular formula is C19H27N3O2. The number of carbonyl (C=O) groups is 1. The van der Waals surface area contributed by atoms with Crippen molar-refractivity contribution in [2.24, 2.45) is 0 Å². The van der Waals surface area contributed by atoms with Crippen LogP contribution in [0.4, 0.5) is 0 Å². The van der Waals surface area contributed by atoms with Gasteiger partial charge in [0, 0.05) is 25.5 Å². The van der Waals surface area contributed by atoms with Crippen LogP contribution in [0, 0.1) is 6.92 Å². The zero-order valence-electron chi connectivity index (χ0n) is 15.2. The molecule has 0 saturated heterocycles. The van der Waals surface area contributed by atoms with Gasteiger partial charge in [-0.15, -0.1) is 0 Å². The van der Waals surface area contributed by atoms with Gasteiger partial charge in [0.15, 0.2) is 0 Å². The zero-order valence-corrected chi connectivity index (χ0v) is 15.2. The number of nitrogens with zero attached hydrogens (tertiary/aromatic N) is 3. The summed E-state index contributed by atoms with van der Waals surface area (Å²) in [5.74, 6) is 0.105. The number of aliphatic carboxylic acids is 1. The molecule has 1 aromatic heterocycles. The first-order valence-electron chi connectivity index (χ1n) is 8.21. The van der Waals surface area contributed by atoms with Crippen molar-refractivity contribution in [2.75, 3.05) is 13.6 Å². The molecule has 0 bridgehead atoms. The van der Waals surface area contributed by atoms with E-state index in [2.05, 4.69) is 25.8 Å². The summed E-state index contributed by atoms with van der Waals surface area (Å²) in [4.78, 5) is 17.9. The standard InChI is InChI=1S/C19H27N3O2/c1-14-20-10-11-22(14)13-12-21(5)17(18(23)24)15-6-8-16(9-7-15)19(2,3)4/h6-11,17H,12-13H2,1-5H3,(H,23,24)/t17-/m1/s1. The Balaban J connectivity index is 2.13. The largest absolute Gasteiger partial charge is 0.480 e. The smallest absolute Gasteiger partial charge is 0.325 e. The zero-order chi connectivity index (χ0) is 17.9. The molecule has 1 aromatic carbocycles. The average molecular weight is 329 g/mol. The van der Waals surface area contributed by atoms with Crippen molar-refractivity contribution >= 4 is 5.97 Å². The molecule has 2 aromatic rings. The third-order valence-corrected chi connectivity index (χ3v) is 4.38. The van der Waals surface area contributed by atoms with Crippen LogP contribution >= 0.6 is 0 Å². The van der Waals surface area contributed by atoms with Crippen LogP contribution in [0.25, 0.3) is 0 Å². The second-order valence-corrected chi connectivity index (χ2v) is 7.26. The normalized spacial score (nSPS) is 13.2. The minimum Gasteiger partial charge on any atom is -0.480 e. The molecule has 0 radical (unpaired) electrons. The Morgan fingerprint density at radius 3 is 2.38 bits per heavy atom. The number of carboxylic acid groups (broad SMARTS) is 1. The van der Waals surface area contributed by atoms with Gasteiger partial charge < -0.3 is 9.67 Å². The Labute approximate surface area is 143 Å². The van der Waals surface area contributed by atoms with Gasteiger partial charge in [-0.3, -0.25) is 9.69 Å². The van der Waals surface area contributed by atoms with Crippen LogP contribution in [-0.4, -0.2) is 39.1 Å². The van der Waals surface area contributed by atoms with Crippen molar-refractivity contribution in [3.05, 3.63) is 53.6 Å². The maximum absolute atomic E-state index is 11.8. The number of rotatable bonds is 6. The lowest BCUT2D eigenvalue weighted by Gasteiger charge is -2.26. The van der Waals surface area contributed by atoms with Crippen molar-refractivity contribution < 1.29 is 9.90 Å². The average Bonchev–Trinajstić information content (AvgIpc) is 2.90. The Kier molecular flexibility index (Phi) is 5.44. The Bertz CT molecular complexity index is 683. The number of aromatic nitrogens is 2. The van der Waals surface area contributed by atoms with Crippen molar-refractivity contribution in [2.45, 2.75) is 45.7 Å². The summed E-state index contributed by atoms with van der Waals surface area (Å²) in [5.41, 5.74) is 2.06. The quantitative estimate of drug-likeness (QED) is 0.884. The molecule has 0 saturated carbocycles. The number of benzene rings is 1. The molecule has 0 aliphatic heterocycles. The SMILES string of the molecule is Cc1nccn1CCN(C)[C@@H](C(=O)O)c1ccc(C(C)(C)C)cc1. The van der Waals surface area contributed by atoms with E-state index in [0.29, 0.717) is 13.1 Å². The van der Waals surface area contributed by atoms with E-state index in [4.69, 9.17) is 0 Å². The number of aryl methyl sites for hydroxylation is 1. The minimum absolute atomic E-state index is 0.0576. The van der Waals surface area contributed by atoms with Gasteiger partial charge in [0.25, 0.3) is 0 Å². The van der Waals surface area contributed by atoms with E-state index < -0.39 is 12.0 Å². The molecule has 24 heavy (non-hydrogen) atoms. The molecule has 1 heterocycles. The lowest BCUT2D eigenvalue weighted by molar-refractivity contribution is -0.143. The van der Waals surface area contributed by atoms with Gasteiger partial charge in [-0.1, -0.05) is 45.0 Å². The van der Waals surface area contributed by atoms with Crippen molar-refractivity contribution in [3.8, 4) is 0 Å². The van der Waals surface area contributed by atoms with Crippen LogP contribution in [-0.2, 0) is 16.8 Å². The van der Waals surface area contributed by atoms with Crippen molar-refractivity contribution in [3.63, 3.8) is 0 Å². The topological polar surface area (TPSA) is 58.4 Å². The number of likely N-dealkylation sites (N-methyl/N-ethyl adjacent to an activating group) is 1. The monoisotopic (exact) mass is 329 g/mol. The van der Waals surface area contributed by atoms with E-state index in [-0.39, 0.29) is 5.41 Å². The first kappa shape index (κ1) is 18.2. The Morgan fingerprint density at radius 2 is 1.92 bits per heavy atom. The van der Waals surface area contributed by atoms with Crippen LogP contribution in [0.1, 0.15) is 43.8 Å². The maximum atomic E-state index is 11.8. The number of hydrogen-bond acceptors (Lipinski definition) is 3. The first-order valence-corrected chi connectivity index (χ1v) is 8.21. The molecule has 1 N–H and O–H groups in total. The fraction of sp³-hybridized carbons (Fsp3) is 0.474. The van der Waals surface area contributed by atoms with Gasteiger partial charge in [-0.05, 0) is 30.5 Å². The van der Waals surface area contributed by atoms with E-state index >= 15 is 0 Å². The molecule has 0 spiro atoms. The van der Waals surface area contributed by atoms with E-state index in [1.165, 1.54) is 5.56 Å². The molecule has 0 fully saturated rings. The third kappa shape index (κ3) is 4.23. The molecule has 0 aliphatic carbocycles. The highest BCUT2D eigenvalue weighted by Gasteiger charge is 2.25. The van der Waals surface area contributed by atoms with Crippen LogP contribution in [0.15, 0.2) is 36.7 Å². The summed E-state index contributed by atoms with van der Waals surface area (Å²) in [6.45, 7) is 9.74. The van der Waals surface area contributed by atoms with E-state index in [1.54, 1.807) is 6.20 Å². The Hall–Kier alpha value is -2.14. The molecule has 2 rings (SSSR count). The summed E-state index contributed by atoms with van der Waals surface area (Å²) in [6, 6.07) is 7.26. The fourth-order valence-electron chi connectivity index (χ4n) is 2.79. The van der Waals surface area contributed by atoms with Gasteiger partial charge in [-0.25, -0.2) is 4.98 Å². The Morgan fingerprint density at radius 1 is 1.29 bits per heavy atom. The lowest BCUT2D eigenvalue weighted by Crippen LogP contribution is -2.33. The van der Waals surface area contributed by atoms with Gasteiger partial charge in [-0.2, -0.15) is 0 Å². The molecular weight excluding hydrogens is 302 g/mol. The summed E-state index contributed by atoms with van der Waals surface area (Å²) in [7, 11) is 1.85. The summed E-state index contributed by atoms with van der Waals surface area (Å²) < 4.78 is 2.03. The summed E-state index contributed by atoms with van der Waals surface area (Å²) in [6.07, 6.45) is 3.67. The van der Waals surface area contributed by atoms with Gasteiger partial charge in [0.2, 0.25) is 0 Å². The van der Waals surface area contributed by atoms with E-state index in [9.17, 15) is 9.90 Å². The molecule has 0 unspecified atom stereocenters. The summed E-state index contributed by atoms with van der Waals surface area (Å²) in [5, 5.41) is 9.68. The highest BCUT2D eigenvalue weighted by Crippen LogP contribution is 2.26. The molecule has 1 atom stereocenters. The third-order valence-electron chi connectivity index (χ3n) is 4.38. The number of hydrogen-bond donors (Lipinski definition) is 1. The highest BCUT2D eigenvalue weighted by atomic mass is 16.4. The predicted molar refractivity (Wildman–Crippen MR) is 95.1 cm³/mol. The number of imidazole rings is 1. The van der Waals surface area contributed by atoms with Crippen LogP contribution in [0.5, 0.6) is 0 Å². The fourth-order valence-corrected chi connectivity index (χ4v) is 2.79. The molecule has 5 nitrogen and oxygen atoms in total. The number of carboxylic acids is 1. The van der Waals surface area contributed by atoms with E-state index in [1.807, 2.05) is 53.9 Å². The summed E-state index contributed by atoms with van der Waals surface area (Å²) >= 11 is 0. The van der Waals surface area contributed by atoms with Crippen molar-refractivity contribution in [1.29, 1.82) is 0 Å². The van der Waals surface area contributed by atoms with Gasteiger partial charge >= 0.3 is 5.97 Å². The molecule has 0 aliphatic rings. The molecule has 130 valence electrons. The van der Waals surface area contributed by atoms with Gasteiger partial charge in [0.05, 0.1) is 0 Å².